The van der Waals surface area contributed by atoms with Crippen molar-refractivity contribution in [3.8, 4) is 17.2 Å². The van der Waals surface area contributed by atoms with Crippen molar-refractivity contribution in [1.29, 1.82) is 0 Å². The fourth-order valence-electron chi connectivity index (χ4n) is 5.01. The molecule has 4 aromatic rings. The first-order chi connectivity index (χ1) is 18.5. The highest BCUT2D eigenvalue weighted by atomic mass is 16.5. The number of benzene rings is 4. The molecule has 0 saturated heterocycles. The summed E-state index contributed by atoms with van der Waals surface area (Å²) in [6.45, 7) is 0. The van der Waals surface area contributed by atoms with Gasteiger partial charge in [-0.25, -0.2) is 0 Å². The second kappa shape index (κ2) is 10.6. The SMILES string of the molecule is COc1cc2c(cc1OC)[C@@H](C(=O)c1ccccc1)[C@H](c1ccccc1)C(C(=O)Nc1ccccc1O)=C2. The van der Waals surface area contributed by atoms with Crippen molar-refractivity contribution in [1.82, 2.24) is 0 Å². The summed E-state index contributed by atoms with van der Waals surface area (Å²) in [5.41, 5.74) is 3.47. The van der Waals surface area contributed by atoms with Crippen LogP contribution in [0.1, 0.15) is 38.9 Å². The van der Waals surface area contributed by atoms with Crippen LogP contribution >= 0.6 is 0 Å². The molecule has 6 nitrogen and oxygen atoms in total. The number of anilines is 1. The number of para-hydroxylation sites is 2. The molecule has 2 N–H and O–H groups in total. The Morgan fingerprint density at radius 3 is 2.05 bits per heavy atom. The number of nitrogens with one attached hydrogen (secondary N) is 1. The summed E-state index contributed by atoms with van der Waals surface area (Å²) in [5.74, 6) is -0.894. The van der Waals surface area contributed by atoms with E-state index in [9.17, 15) is 14.7 Å². The first-order valence-corrected chi connectivity index (χ1v) is 12.2. The van der Waals surface area contributed by atoms with Crippen LogP contribution in [0.25, 0.3) is 6.08 Å². The van der Waals surface area contributed by atoms with Crippen LogP contribution in [-0.4, -0.2) is 31.0 Å². The Hall–Kier alpha value is -4.84. The van der Waals surface area contributed by atoms with Gasteiger partial charge in [0.15, 0.2) is 17.3 Å². The van der Waals surface area contributed by atoms with E-state index in [-0.39, 0.29) is 17.2 Å². The van der Waals surface area contributed by atoms with Gasteiger partial charge in [-0.1, -0.05) is 72.8 Å². The molecule has 0 aromatic heterocycles. The average molecular weight is 506 g/mol. The number of phenolic OH excluding ortho intramolecular Hbond substituents is 1. The predicted octanol–water partition coefficient (Wildman–Crippen LogP) is 6.20. The summed E-state index contributed by atoms with van der Waals surface area (Å²) in [4.78, 5) is 28.0. The molecule has 0 radical (unpaired) electrons. The number of carbonyl (C=O) groups excluding carboxylic acids is 2. The van der Waals surface area contributed by atoms with Crippen LogP contribution in [0.2, 0.25) is 0 Å². The Balaban J connectivity index is 1.73. The molecule has 1 aliphatic carbocycles. The summed E-state index contributed by atoms with van der Waals surface area (Å²) in [7, 11) is 3.10. The predicted molar refractivity (Wildman–Crippen MR) is 147 cm³/mol. The normalized spacial score (nSPS) is 16.1. The number of hydrogen-bond acceptors (Lipinski definition) is 5. The molecule has 0 fully saturated rings. The molecular weight excluding hydrogens is 478 g/mol. The number of carbonyl (C=O) groups is 2. The molecule has 0 bridgehead atoms. The smallest absolute Gasteiger partial charge is 0.252 e. The monoisotopic (exact) mass is 505 g/mol. The van der Waals surface area contributed by atoms with E-state index in [1.807, 2.05) is 54.6 Å². The molecule has 1 aliphatic rings. The van der Waals surface area contributed by atoms with Gasteiger partial charge >= 0.3 is 0 Å². The van der Waals surface area contributed by atoms with Gasteiger partial charge in [-0.3, -0.25) is 9.59 Å². The van der Waals surface area contributed by atoms with Crippen LogP contribution in [0, 0.1) is 0 Å². The maximum Gasteiger partial charge on any atom is 0.252 e. The van der Waals surface area contributed by atoms with E-state index in [2.05, 4.69) is 5.32 Å². The molecule has 0 unspecified atom stereocenters. The van der Waals surface area contributed by atoms with Crippen LogP contribution in [0.15, 0.2) is 103 Å². The molecule has 0 spiro atoms. The first kappa shape index (κ1) is 24.8. The van der Waals surface area contributed by atoms with E-state index in [0.717, 1.165) is 11.1 Å². The molecule has 1 amide bonds. The van der Waals surface area contributed by atoms with Gasteiger partial charge in [0, 0.05) is 17.1 Å². The first-order valence-electron chi connectivity index (χ1n) is 12.2. The molecular formula is C32H27NO5. The minimum Gasteiger partial charge on any atom is -0.506 e. The Morgan fingerprint density at radius 1 is 0.789 bits per heavy atom. The molecule has 2 atom stereocenters. The number of ketones is 1. The van der Waals surface area contributed by atoms with E-state index >= 15 is 0 Å². The van der Waals surface area contributed by atoms with E-state index < -0.39 is 17.7 Å². The minimum atomic E-state index is -0.718. The molecule has 0 saturated carbocycles. The quantitative estimate of drug-likeness (QED) is 0.231. The van der Waals surface area contributed by atoms with Crippen LogP contribution in [0.3, 0.4) is 0 Å². The van der Waals surface area contributed by atoms with Gasteiger partial charge in [0.05, 0.1) is 25.8 Å². The number of aromatic hydroxyl groups is 1. The van der Waals surface area contributed by atoms with Gasteiger partial charge in [0.1, 0.15) is 5.75 Å². The fourth-order valence-corrected chi connectivity index (χ4v) is 5.01. The lowest BCUT2D eigenvalue weighted by molar-refractivity contribution is -0.113. The third-order valence-electron chi connectivity index (χ3n) is 6.82. The number of methoxy groups -OCH3 is 2. The minimum absolute atomic E-state index is 0.0442. The summed E-state index contributed by atoms with van der Waals surface area (Å²) in [6.07, 6.45) is 1.79. The van der Waals surface area contributed by atoms with Gasteiger partial charge in [-0.2, -0.15) is 0 Å². The highest BCUT2D eigenvalue weighted by Gasteiger charge is 2.41. The number of rotatable bonds is 7. The van der Waals surface area contributed by atoms with Crippen molar-refractivity contribution in [3.63, 3.8) is 0 Å². The Kier molecular flexibility index (Phi) is 6.96. The standard InChI is InChI=1S/C32H27NO5/c1-37-27-18-22-17-24(32(36)33-25-15-9-10-16-26(25)34)29(20-11-5-3-6-12-20)30(23(22)19-28(27)38-2)31(35)21-13-7-4-8-14-21/h3-19,29-30,34H,1-2H3,(H,33,36)/t29-,30-/m1/s1. The second-order valence-electron chi connectivity index (χ2n) is 9.00. The van der Waals surface area contributed by atoms with E-state index in [0.29, 0.717) is 28.2 Å². The number of Topliss-reactive ketones (excluding diaryl/α,β-unsaturated/α-hetero) is 1. The Bertz CT molecular complexity index is 1510. The molecule has 0 aliphatic heterocycles. The number of ether oxygens (including phenoxy) is 2. The highest BCUT2D eigenvalue weighted by molar-refractivity contribution is 6.12. The van der Waals surface area contributed by atoms with Crippen LogP contribution in [-0.2, 0) is 4.79 Å². The zero-order valence-electron chi connectivity index (χ0n) is 21.0. The largest absolute Gasteiger partial charge is 0.506 e. The van der Waals surface area contributed by atoms with Crippen LogP contribution < -0.4 is 14.8 Å². The number of phenols is 1. The van der Waals surface area contributed by atoms with Crippen molar-refractivity contribution in [2.45, 2.75) is 11.8 Å². The lowest BCUT2D eigenvalue weighted by Gasteiger charge is -2.34. The molecule has 5 rings (SSSR count). The van der Waals surface area contributed by atoms with Crippen LogP contribution in [0.4, 0.5) is 5.69 Å². The summed E-state index contributed by atoms with van der Waals surface area (Å²) in [6, 6.07) is 28.7. The fraction of sp³-hybridized carbons (Fsp3) is 0.125. The summed E-state index contributed by atoms with van der Waals surface area (Å²) < 4.78 is 11.1. The molecule has 0 heterocycles. The lowest BCUT2D eigenvalue weighted by atomic mass is 9.68. The molecule has 38 heavy (non-hydrogen) atoms. The van der Waals surface area contributed by atoms with E-state index in [4.69, 9.17) is 9.47 Å². The average Bonchev–Trinajstić information content (AvgIpc) is 2.97. The zero-order chi connectivity index (χ0) is 26.6. The van der Waals surface area contributed by atoms with Crippen molar-refractivity contribution in [2.75, 3.05) is 19.5 Å². The highest BCUT2D eigenvalue weighted by Crippen LogP contribution is 2.49. The zero-order valence-corrected chi connectivity index (χ0v) is 21.0. The van der Waals surface area contributed by atoms with Crippen LogP contribution in [0.5, 0.6) is 17.2 Å². The Labute approximate surface area is 221 Å². The van der Waals surface area contributed by atoms with Crippen molar-refractivity contribution in [2.24, 2.45) is 0 Å². The maximum absolute atomic E-state index is 14.2. The number of amides is 1. The van der Waals surface area contributed by atoms with Gasteiger partial charge in [-0.15, -0.1) is 0 Å². The molecule has 190 valence electrons. The summed E-state index contributed by atoms with van der Waals surface area (Å²) in [5, 5.41) is 13.1. The maximum atomic E-state index is 14.2. The number of hydrogen-bond donors (Lipinski definition) is 2. The Morgan fingerprint density at radius 2 is 1.39 bits per heavy atom. The van der Waals surface area contributed by atoms with Crippen molar-refractivity contribution in [3.05, 3.63) is 125 Å². The second-order valence-corrected chi connectivity index (χ2v) is 9.00. The van der Waals surface area contributed by atoms with E-state index in [1.165, 1.54) is 6.07 Å². The number of fused-ring (bicyclic) bond motifs is 1. The van der Waals surface area contributed by atoms with Gasteiger partial charge in [0.25, 0.3) is 5.91 Å². The third-order valence-corrected chi connectivity index (χ3v) is 6.82. The molecule has 6 heteroatoms. The third kappa shape index (κ3) is 4.64. The van der Waals surface area contributed by atoms with E-state index in [1.54, 1.807) is 56.7 Å². The molecule has 4 aromatic carbocycles. The summed E-state index contributed by atoms with van der Waals surface area (Å²) >= 11 is 0. The van der Waals surface area contributed by atoms with Crippen molar-refractivity contribution >= 4 is 23.5 Å². The van der Waals surface area contributed by atoms with Gasteiger partial charge in [0.2, 0.25) is 0 Å². The van der Waals surface area contributed by atoms with Gasteiger partial charge < -0.3 is 19.9 Å². The van der Waals surface area contributed by atoms with Gasteiger partial charge in [-0.05, 0) is 47.0 Å². The lowest BCUT2D eigenvalue weighted by Crippen LogP contribution is -2.30. The van der Waals surface area contributed by atoms with Crippen molar-refractivity contribution < 1.29 is 24.2 Å². The topological polar surface area (TPSA) is 84.9 Å².